The fourth-order valence-electron chi connectivity index (χ4n) is 2.19. The minimum absolute atomic E-state index is 0.0121. The molecule has 6 heteroatoms. The first-order valence-electron chi connectivity index (χ1n) is 5.92. The predicted octanol–water partition coefficient (Wildman–Crippen LogP) is 2.22. The van der Waals surface area contributed by atoms with E-state index in [4.69, 9.17) is 10.2 Å². The third-order valence-corrected chi connectivity index (χ3v) is 3.60. The third-order valence-electron chi connectivity index (χ3n) is 3.11. The fourth-order valence-corrected chi connectivity index (χ4v) is 2.59. The van der Waals surface area contributed by atoms with Crippen molar-refractivity contribution in [2.24, 2.45) is 0 Å². The van der Waals surface area contributed by atoms with Crippen molar-refractivity contribution >= 4 is 27.9 Å². The van der Waals surface area contributed by atoms with Crippen molar-refractivity contribution in [3.8, 4) is 0 Å². The zero-order valence-corrected chi connectivity index (χ0v) is 11.7. The zero-order valence-electron chi connectivity index (χ0n) is 10.1. The van der Waals surface area contributed by atoms with Crippen molar-refractivity contribution in [2.75, 3.05) is 12.3 Å². The number of carbonyl (C=O) groups is 1. The van der Waals surface area contributed by atoms with Crippen LogP contribution in [0.25, 0.3) is 0 Å². The molecule has 5 nitrogen and oxygen atoms in total. The molecule has 0 saturated heterocycles. The Morgan fingerprint density at radius 2 is 2.32 bits per heavy atom. The summed E-state index contributed by atoms with van der Waals surface area (Å²) in [5.41, 5.74) is 7.04. The van der Waals surface area contributed by atoms with E-state index in [1.54, 1.807) is 11.0 Å². The molecule has 0 atom stereocenters. The van der Waals surface area contributed by atoms with Gasteiger partial charge in [0.2, 0.25) is 0 Å². The van der Waals surface area contributed by atoms with Gasteiger partial charge in [0.1, 0.15) is 5.76 Å². The number of hydrogen-bond donors (Lipinski definition) is 1. The minimum Gasteiger partial charge on any atom is -0.427 e. The van der Waals surface area contributed by atoms with Crippen LogP contribution in [0.15, 0.2) is 33.2 Å². The average Bonchev–Trinajstić information content (AvgIpc) is 2.76. The molecule has 1 aromatic heterocycles. The monoisotopic (exact) mass is 321 g/mol. The first kappa shape index (κ1) is 12.2. The number of halogens is 1. The standard InChI is InChI=1S/C13H12BrN3O2/c14-9-3-1-2-8(6-9)12(18)17-5-4-10-11(7-17)19-13(15)16-10/h1-3,6H,4-5,7H2,(H2,15,16). The van der Waals surface area contributed by atoms with Gasteiger partial charge in [0.25, 0.3) is 11.9 Å². The number of nitrogen functional groups attached to an aromatic ring is 1. The Bertz CT molecular complexity index is 639. The Balaban J connectivity index is 1.83. The zero-order chi connectivity index (χ0) is 13.4. The van der Waals surface area contributed by atoms with E-state index < -0.39 is 0 Å². The van der Waals surface area contributed by atoms with Crippen LogP contribution >= 0.6 is 15.9 Å². The molecule has 0 saturated carbocycles. The van der Waals surface area contributed by atoms with Crippen molar-refractivity contribution in [3.63, 3.8) is 0 Å². The Morgan fingerprint density at radius 1 is 1.47 bits per heavy atom. The van der Waals surface area contributed by atoms with Gasteiger partial charge in [-0.15, -0.1) is 0 Å². The van der Waals surface area contributed by atoms with Crippen LogP contribution in [0.1, 0.15) is 21.8 Å². The van der Waals surface area contributed by atoms with E-state index in [0.29, 0.717) is 30.8 Å². The molecule has 2 aromatic rings. The molecule has 2 heterocycles. The van der Waals surface area contributed by atoms with Gasteiger partial charge in [-0.3, -0.25) is 4.79 Å². The number of benzene rings is 1. The van der Waals surface area contributed by atoms with Crippen molar-refractivity contribution < 1.29 is 9.21 Å². The Kier molecular flexibility index (Phi) is 3.02. The Labute approximate surface area is 118 Å². The molecule has 0 fully saturated rings. The summed E-state index contributed by atoms with van der Waals surface area (Å²) in [5, 5.41) is 0. The number of hydrogen-bond acceptors (Lipinski definition) is 4. The van der Waals surface area contributed by atoms with Crippen LogP contribution in [0.5, 0.6) is 0 Å². The summed E-state index contributed by atoms with van der Waals surface area (Å²) in [4.78, 5) is 18.2. The smallest absolute Gasteiger partial charge is 0.292 e. The molecule has 1 amide bonds. The minimum atomic E-state index is -0.0121. The average molecular weight is 322 g/mol. The van der Waals surface area contributed by atoms with Crippen LogP contribution in [0, 0.1) is 0 Å². The molecule has 3 rings (SSSR count). The molecular weight excluding hydrogens is 310 g/mol. The van der Waals surface area contributed by atoms with Crippen molar-refractivity contribution in [2.45, 2.75) is 13.0 Å². The van der Waals surface area contributed by atoms with Gasteiger partial charge in [-0.05, 0) is 18.2 Å². The molecule has 0 radical (unpaired) electrons. The molecule has 0 bridgehead atoms. The molecule has 0 unspecified atom stereocenters. The number of aromatic nitrogens is 1. The molecule has 2 N–H and O–H groups in total. The van der Waals surface area contributed by atoms with Gasteiger partial charge in [0.15, 0.2) is 0 Å². The number of nitrogens with zero attached hydrogens (tertiary/aromatic N) is 2. The molecule has 1 aromatic carbocycles. The van der Waals surface area contributed by atoms with E-state index in [0.717, 1.165) is 10.2 Å². The second kappa shape index (κ2) is 4.70. The van der Waals surface area contributed by atoms with Gasteiger partial charge in [-0.1, -0.05) is 22.0 Å². The van der Waals surface area contributed by atoms with Crippen LogP contribution in [-0.4, -0.2) is 22.3 Å². The van der Waals surface area contributed by atoms with Crippen molar-refractivity contribution in [1.29, 1.82) is 0 Å². The van der Waals surface area contributed by atoms with E-state index in [1.807, 2.05) is 18.2 Å². The molecule has 1 aliphatic rings. The highest BCUT2D eigenvalue weighted by Gasteiger charge is 2.25. The summed E-state index contributed by atoms with van der Waals surface area (Å²) >= 11 is 3.37. The molecule has 0 aliphatic carbocycles. The maximum absolute atomic E-state index is 12.4. The van der Waals surface area contributed by atoms with Crippen LogP contribution in [0.4, 0.5) is 6.01 Å². The van der Waals surface area contributed by atoms with Gasteiger partial charge in [0.05, 0.1) is 12.2 Å². The van der Waals surface area contributed by atoms with Gasteiger partial charge < -0.3 is 15.1 Å². The highest BCUT2D eigenvalue weighted by molar-refractivity contribution is 9.10. The molecule has 98 valence electrons. The second-order valence-corrected chi connectivity index (χ2v) is 5.32. The van der Waals surface area contributed by atoms with Crippen LogP contribution in [0.2, 0.25) is 0 Å². The van der Waals surface area contributed by atoms with E-state index in [9.17, 15) is 4.79 Å². The lowest BCUT2D eigenvalue weighted by molar-refractivity contribution is 0.0720. The lowest BCUT2D eigenvalue weighted by Gasteiger charge is -2.25. The number of oxazole rings is 1. The van der Waals surface area contributed by atoms with Crippen LogP contribution in [0.3, 0.4) is 0 Å². The second-order valence-electron chi connectivity index (χ2n) is 4.41. The number of anilines is 1. The first-order valence-corrected chi connectivity index (χ1v) is 6.71. The lowest BCUT2D eigenvalue weighted by atomic mass is 10.1. The summed E-state index contributed by atoms with van der Waals surface area (Å²) in [7, 11) is 0. The van der Waals surface area contributed by atoms with Gasteiger partial charge >= 0.3 is 0 Å². The van der Waals surface area contributed by atoms with Crippen molar-refractivity contribution in [3.05, 3.63) is 45.8 Å². The largest absolute Gasteiger partial charge is 0.427 e. The number of carbonyl (C=O) groups excluding carboxylic acids is 1. The summed E-state index contributed by atoms with van der Waals surface area (Å²) in [6.45, 7) is 1.05. The highest BCUT2D eigenvalue weighted by Crippen LogP contribution is 2.22. The van der Waals surface area contributed by atoms with E-state index >= 15 is 0 Å². The Morgan fingerprint density at radius 3 is 3.11 bits per heavy atom. The first-order chi connectivity index (χ1) is 9.13. The van der Waals surface area contributed by atoms with E-state index in [2.05, 4.69) is 20.9 Å². The summed E-state index contributed by atoms with van der Waals surface area (Å²) in [5.74, 6) is 0.675. The number of rotatable bonds is 1. The fraction of sp³-hybridized carbons (Fsp3) is 0.231. The molecule has 0 spiro atoms. The SMILES string of the molecule is Nc1nc2c(o1)CN(C(=O)c1cccc(Br)c1)CC2. The number of nitrogens with two attached hydrogens (primary N) is 1. The van der Waals surface area contributed by atoms with E-state index in [-0.39, 0.29) is 11.9 Å². The van der Waals surface area contributed by atoms with Gasteiger partial charge in [-0.25, -0.2) is 0 Å². The molecular formula is C13H12BrN3O2. The lowest BCUT2D eigenvalue weighted by Crippen LogP contribution is -2.35. The summed E-state index contributed by atoms with van der Waals surface area (Å²) < 4.78 is 6.20. The van der Waals surface area contributed by atoms with Gasteiger partial charge in [0, 0.05) is 23.0 Å². The molecule has 19 heavy (non-hydrogen) atoms. The van der Waals surface area contributed by atoms with Crippen LogP contribution < -0.4 is 5.73 Å². The number of fused-ring (bicyclic) bond motifs is 1. The topological polar surface area (TPSA) is 72.4 Å². The maximum Gasteiger partial charge on any atom is 0.292 e. The van der Waals surface area contributed by atoms with Gasteiger partial charge in [-0.2, -0.15) is 4.98 Å². The Hall–Kier alpha value is -1.82. The third kappa shape index (κ3) is 2.35. The quantitative estimate of drug-likeness (QED) is 0.874. The van der Waals surface area contributed by atoms with Crippen LogP contribution in [-0.2, 0) is 13.0 Å². The number of amides is 1. The predicted molar refractivity (Wildman–Crippen MR) is 73.5 cm³/mol. The normalized spacial score (nSPS) is 14.3. The maximum atomic E-state index is 12.4. The highest BCUT2D eigenvalue weighted by atomic mass is 79.9. The van der Waals surface area contributed by atoms with E-state index in [1.165, 1.54) is 0 Å². The van der Waals surface area contributed by atoms with Crippen molar-refractivity contribution in [1.82, 2.24) is 9.88 Å². The summed E-state index contributed by atoms with van der Waals surface area (Å²) in [6.07, 6.45) is 0.676. The summed E-state index contributed by atoms with van der Waals surface area (Å²) in [6, 6.07) is 7.52. The molecule has 1 aliphatic heterocycles.